The molecule has 0 aliphatic rings. The predicted octanol–water partition coefficient (Wildman–Crippen LogP) is 2.61. The van der Waals surface area contributed by atoms with E-state index in [-0.39, 0.29) is 16.9 Å². The number of hydrazone groups is 1. The van der Waals surface area contributed by atoms with Crippen molar-refractivity contribution in [2.75, 3.05) is 0 Å². The third kappa shape index (κ3) is 3.98. The van der Waals surface area contributed by atoms with Crippen LogP contribution in [0.2, 0.25) is 0 Å². The van der Waals surface area contributed by atoms with Crippen molar-refractivity contribution in [1.82, 2.24) is 15.6 Å². The average molecular weight is 288 g/mol. The SMILES string of the molecule is CC(C)(C)c1cc(C(=O)N/N=C/c2ccc(F)cc2)n[nH]1. The molecule has 21 heavy (non-hydrogen) atoms. The standard InChI is InChI=1S/C15H17FN4O/c1-15(2,3)13-8-12(18-19-13)14(21)20-17-9-10-4-6-11(16)7-5-10/h4-9H,1-3H3,(H,18,19)(H,20,21)/b17-9+. The largest absolute Gasteiger partial charge is 0.291 e. The molecule has 0 aliphatic carbocycles. The maximum Gasteiger partial charge on any atom is 0.291 e. The number of hydrogen-bond acceptors (Lipinski definition) is 3. The molecule has 2 aromatic rings. The van der Waals surface area contributed by atoms with Crippen molar-refractivity contribution in [2.45, 2.75) is 26.2 Å². The van der Waals surface area contributed by atoms with E-state index in [1.54, 1.807) is 18.2 Å². The number of rotatable bonds is 3. The minimum atomic E-state index is -0.403. The average Bonchev–Trinajstić information content (AvgIpc) is 2.90. The van der Waals surface area contributed by atoms with E-state index < -0.39 is 5.91 Å². The van der Waals surface area contributed by atoms with Gasteiger partial charge in [-0.1, -0.05) is 32.9 Å². The number of nitrogens with one attached hydrogen (secondary N) is 2. The van der Waals surface area contributed by atoms with Crippen molar-refractivity contribution >= 4 is 12.1 Å². The predicted molar refractivity (Wildman–Crippen MR) is 78.7 cm³/mol. The molecule has 1 heterocycles. The highest BCUT2D eigenvalue weighted by Crippen LogP contribution is 2.20. The van der Waals surface area contributed by atoms with Gasteiger partial charge in [0, 0.05) is 11.1 Å². The van der Waals surface area contributed by atoms with E-state index in [0.29, 0.717) is 5.56 Å². The van der Waals surface area contributed by atoms with Crippen LogP contribution in [0, 0.1) is 5.82 Å². The molecular weight excluding hydrogens is 271 g/mol. The Bertz CT molecular complexity index is 653. The summed E-state index contributed by atoms with van der Waals surface area (Å²) in [6, 6.07) is 7.48. The van der Waals surface area contributed by atoms with Gasteiger partial charge >= 0.3 is 0 Å². The van der Waals surface area contributed by atoms with Crippen LogP contribution in [-0.4, -0.2) is 22.3 Å². The molecule has 0 atom stereocenters. The van der Waals surface area contributed by atoms with Gasteiger partial charge < -0.3 is 0 Å². The molecule has 1 aromatic carbocycles. The monoisotopic (exact) mass is 288 g/mol. The van der Waals surface area contributed by atoms with Gasteiger partial charge in [0.25, 0.3) is 5.91 Å². The molecule has 0 aliphatic heterocycles. The van der Waals surface area contributed by atoms with Gasteiger partial charge in [0.2, 0.25) is 0 Å². The van der Waals surface area contributed by atoms with Gasteiger partial charge in [-0.25, -0.2) is 9.82 Å². The lowest BCUT2D eigenvalue weighted by molar-refractivity contribution is 0.0950. The van der Waals surface area contributed by atoms with E-state index in [0.717, 1.165) is 5.69 Å². The molecule has 0 saturated heterocycles. The molecule has 0 fully saturated rings. The quantitative estimate of drug-likeness (QED) is 0.673. The topological polar surface area (TPSA) is 70.1 Å². The van der Waals surface area contributed by atoms with Crippen LogP contribution in [0.1, 0.15) is 42.5 Å². The second kappa shape index (κ2) is 5.87. The molecule has 0 spiro atoms. The van der Waals surface area contributed by atoms with Crippen LogP contribution in [0.25, 0.3) is 0 Å². The van der Waals surface area contributed by atoms with E-state index in [4.69, 9.17) is 0 Å². The molecule has 1 amide bonds. The highest BCUT2D eigenvalue weighted by atomic mass is 19.1. The van der Waals surface area contributed by atoms with Crippen molar-refractivity contribution in [3.05, 3.63) is 53.1 Å². The number of amides is 1. The van der Waals surface area contributed by atoms with Crippen LogP contribution in [0.3, 0.4) is 0 Å². The molecular formula is C15H17FN4O. The minimum Gasteiger partial charge on any atom is -0.281 e. The number of halogens is 1. The molecule has 1 aromatic heterocycles. The van der Waals surface area contributed by atoms with Gasteiger partial charge in [-0.3, -0.25) is 9.89 Å². The summed E-state index contributed by atoms with van der Waals surface area (Å²) < 4.78 is 12.7. The molecule has 0 unspecified atom stereocenters. The fraction of sp³-hybridized carbons (Fsp3) is 0.267. The van der Waals surface area contributed by atoms with Crippen molar-refractivity contribution in [3.8, 4) is 0 Å². The second-order valence-electron chi connectivity index (χ2n) is 5.67. The number of hydrogen-bond donors (Lipinski definition) is 2. The van der Waals surface area contributed by atoms with Crippen LogP contribution in [0.4, 0.5) is 4.39 Å². The Hall–Kier alpha value is -2.50. The van der Waals surface area contributed by atoms with Crippen LogP contribution in [0.5, 0.6) is 0 Å². The third-order valence-electron chi connectivity index (χ3n) is 2.87. The summed E-state index contributed by atoms with van der Waals surface area (Å²) in [5, 5.41) is 10.6. The van der Waals surface area contributed by atoms with Crippen molar-refractivity contribution in [1.29, 1.82) is 0 Å². The molecule has 0 radical (unpaired) electrons. The molecule has 2 rings (SSSR count). The molecule has 5 nitrogen and oxygen atoms in total. The summed E-state index contributed by atoms with van der Waals surface area (Å²) in [5.74, 6) is -0.720. The van der Waals surface area contributed by atoms with Gasteiger partial charge in [-0.05, 0) is 23.8 Å². The Morgan fingerprint density at radius 2 is 2.00 bits per heavy atom. The maximum absolute atomic E-state index is 12.7. The number of carbonyl (C=O) groups excluding carboxylic acids is 1. The van der Waals surface area contributed by atoms with Crippen LogP contribution in [-0.2, 0) is 5.41 Å². The number of nitrogens with zero attached hydrogens (tertiary/aromatic N) is 2. The minimum absolute atomic E-state index is 0.108. The van der Waals surface area contributed by atoms with Gasteiger partial charge in [0.1, 0.15) is 5.82 Å². The highest BCUT2D eigenvalue weighted by Gasteiger charge is 2.18. The number of benzene rings is 1. The first kappa shape index (κ1) is 14.9. The van der Waals surface area contributed by atoms with E-state index in [1.807, 2.05) is 20.8 Å². The van der Waals surface area contributed by atoms with Crippen LogP contribution < -0.4 is 5.43 Å². The summed E-state index contributed by atoms with van der Waals surface area (Å²) in [6.07, 6.45) is 1.44. The summed E-state index contributed by atoms with van der Waals surface area (Å²) in [7, 11) is 0. The summed E-state index contributed by atoms with van der Waals surface area (Å²) in [4.78, 5) is 11.9. The highest BCUT2D eigenvalue weighted by molar-refractivity contribution is 5.93. The van der Waals surface area contributed by atoms with Gasteiger partial charge in [0.05, 0.1) is 6.21 Å². The normalized spacial score (nSPS) is 11.8. The Kier molecular flexibility index (Phi) is 4.16. The summed E-state index contributed by atoms with van der Waals surface area (Å²) >= 11 is 0. The summed E-state index contributed by atoms with van der Waals surface area (Å²) in [6.45, 7) is 6.07. The van der Waals surface area contributed by atoms with Crippen molar-refractivity contribution in [2.24, 2.45) is 5.10 Å². The van der Waals surface area contributed by atoms with E-state index in [9.17, 15) is 9.18 Å². The summed E-state index contributed by atoms with van der Waals surface area (Å²) in [5.41, 5.74) is 4.11. The maximum atomic E-state index is 12.7. The zero-order valence-corrected chi connectivity index (χ0v) is 12.1. The van der Waals surface area contributed by atoms with Gasteiger partial charge in [-0.15, -0.1) is 0 Å². The smallest absolute Gasteiger partial charge is 0.281 e. The fourth-order valence-electron chi connectivity index (χ4n) is 1.59. The molecule has 0 saturated carbocycles. The Morgan fingerprint density at radius 1 is 1.33 bits per heavy atom. The second-order valence-corrected chi connectivity index (χ2v) is 5.67. The Balaban J connectivity index is 1.98. The number of aromatic nitrogens is 2. The molecule has 2 N–H and O–H groups in total. The van der Waals surface area contributed by atoms with E-state index in [1.165, 1.54) is 18.3 Å². The first-order valence-corrected chi connectivity index (χ1v) is 6.51. The third-order valence-corrected chi connectivity index (χ3v) is 2.87. The van der Waals surface area contributed by atoms with Gasteiger partial charge in [0.15, 0.2) is 5.69 Å². The lowest BCUT2D eigenvalue weighted by Crippen LogP contribution is -2.18. The fourth-order valence-corrected chi connectivity index (χ4v) is 1.59. The van der Waals surface area contributed by atoms with Crippen LogP contribution >= 0.6 is 0 Å². The van der Waals surface area contributed by atoms with Crippen LogP contribution in [0.15, 0.2) is 35.4 Å². The molecule has 0 bridgehead atoms. The number of aromatic amines is 1. The first-order valence-electron chi connectivity index (χ1n) is 6.51. The van der Waals surface area contributed by atoms with Crippen molar-refractivity contribution < 1.29 is 9.18 Å². The zero-order valence-electron chi connectivity index (χ0n) is 12.1. The number of H-pyrrole nitrogens is 1. The molecule has 6 heteroatoms. The van der Waals surface area contributed by atoms with Crippen molar-refractivity contribution in [3.63, 3.8) is 0 Å². The zero-order chi connectivity index (χ0) is 15.5. The Labute approximate surface area is 122 Å². The first-order chi connectivity index (χ1) is 9.86. The number of carbonyl (C=O) groups is 1. The van der Waals surface area contributed by atoms with E-state index >= 15 is 0 Å². The lowest BCUT2D eigenvalue weighted by Gasteiger charge is -2.14. The Morgan fingerprint density at radius 3 is 2.57 bits per heavy atom. The lowest BCUT2D eigenvalue weighted by atomic mass is 9.92. The van der Waals surface area contributed by atoms with E-state index in [2.05, 4.69) is 20.7 Å². The van der Waals surface area contributed by atoms with Gasteiger partial charge in [-0.2, -0.15) is 10.2 Å². The molecule has 110 valence electrons.